The van der Waals surface area contributed by atoms with Gasteiger partial charge >= 0.3 is 6.03 Å². The molecule has 0 aromatic rings. The van der Waals surface area contributed by atoms with Crippen molar-refractivity contribution in [2.45, 2.75) is 129 Å². The molecule has 2 aliphatic carbocycles. The minimum absolute atomic E-state index is 0.0193. The number of nitrogens with zero attached hydrogens (tertiary/aromatic N) is 2. The van der Waals surface area contributed by atoms with E-state index in [1.54, 1.807) is 4.90 Å². The Hall–Kier alpha value is -1.79. The molecule has 2 saturated carbocycles. The van der Waals surface area contributed by atoms with Gasteiger partial charge < -0.3 is 20.4 Å². The molecule has 4 amide bonds. The molecular weight excluding hydrogens is 440 g/mol. The van der Waals surface area contributed by atoms with Gasteiger partial charge in [-0.05, 0) is 50.4 Å². The molecule has 7 heteroatoms. The van der Waals surface area contributed by atoms with Crippen LogP contribution in [0.2, 0.25) is 0 Å². The van der Waals surface area contributed by atoms with Crippen molar-refractivity contribution in [3.05, 3.63) is 0 Å². The van der Waals surface area contributed by atoms with Crippen molar-refractivity contribution in [3.63, 3.8) is 0 Å². The molecule has 0 bridgehead atoms. The van der Waals surface area contributed by atoms with Gasteiger partial charge in [-0.15, -0.1) is 0 Å². The first-order valence-corrected chi connectivity index (χ1v) is 14.5. The molecule has 3 fully saturated rings. The molecule has 3 aliphatic rings. The van der Waals surface area contributed by atoms with E-state index < -0.39 is 6.04 Å². The van der Waals surface area contributed by atoms with Gasteiger partial charge in [0.25, 0.3) is 0 Å². The molecule has 1 saturated heterocycles. The highest BCUT2D eigenvalue weighted by atomic mass is 16.2. The predicted octanol–water partition coefficient (Wildman–Crippen LogP) is 4.84. The van der Waals surface area contributed by atoms with Crippen molar-refractivity contribution >= 4 is 17.8 Å². The number of urea groups is 1. The average Bonchev–Trinajstić information content (AvgIpc) is 2.83. The summed E-state index contributed by atoms with van der Waals surface area (Å²) in [6, 6.07) is -0.764. The molecule has 0 aromatic carbocycles. The number of piperazine rings is 1. The van der Waals surface area contributed by atoms with Gasteiger partial charge in [-0.25, -0.2) is 4.79 Å². The minimum Gasteiger partial charge on any atom is -0.356 e. The average molecular weight is 491 g/mol. The van der Waals surface area contributed by atoms with Crippen LogP contribution in [0.25, 0.3) is 0 Å². The summed E-state index contributed by atoms with van der Waals surface area (Å²) in [4.78, 5) is 44.1. The molecule has 3 rings (SSSR count). The third-order valence-electron chi connectivity index (χ3n) is 8.10. The van der Waals surface area contributed by atoms with Crippen molar-refractivity contribution in [1.82, 2.24) is 20.4 Å². The highest BCUT2D eigenvalue weighted by Crippen LogP contribution is 2.30. The fourth-order valence-corrected chi connectivity index (χ4v) is 6.18. The lowest BCUT2D eigenvalue weighted by atomic mass is 9.87. The third-order valence-corrected chi connectivity index (χ3v) is 8.10. The van der Waals surface area contributed by atoms with E-state index in [-0.39, 0.29) is 42.3 Å². The van der Waals surface area contributed by atoms with E-state index in [1.807, 2.05) is 4.90 Å². The van der Waals surface area contributed by atoms with Gasteiger partial charge in [-0.3, -0.25) is 9.59 Å². The predicted molar refractivity (Wildman–Crippen MR) is 140 cm³/mol. The second kappa shape index (κ2) is 14.1. The Balaban J connectivity index is 1.79. The zero-order valence-corrected chi connectivity index (χ0v) is 22.5. The topological polar surface area (TPSA) is 81.8 Å². The summed E-state index contributed by atoms with van der Waals surface area (Å²) >= 11 is 0. The number of hydrogen-bond donors (Lipinski definition) is 2. The number of amides is 4. The molecule has 2 atom stereocenters. The van der Waals surface area contributed by atoms with Gasteiger partial charge in [-0.1, -0.05) is 65.7 Å². The fraction of sp³-hybridized carbons (Fsp3) is 0.893. The summed E-state index contributed by atoms with van der Waals surface area (Å²) < 4.78 is 0. The lowest BCUT2D eigenvalue weighted by Gasteiger charge is -2.47. The smallest absolute Gasteiger partial charge is 0.318 e. The molecule has 200 valence electrons. The molecule has 35 heavy (non-hydrogen) atoms. The summed E-state index contributed by atoms with van der Waals surface area (Å²) in [7, 11) is 0. The molecule has 2 N–H and O–H groups in total. The molecule has 0 spiro atoms. The fourth-order valence-electron chi connectivity index (χ4n) is 6.18. The van der Waals surface area contributed by atoms with Crippen LogP contribution >= 0.6 is 0 Å². The number of carbonyl (C=O) groups excluding carboxylic acids is 3. The van der Waals surface area contributed by atoms with Crippen LogP contribution in [0.15, 0.2) is 0 Å². The molecule has 7 nitrogen and oxygen atoms in total. The Morgan fingerprint density at radius 1 is 1.00 bits per heavy atom. The van der Waals surface area contributed by atoms with E-state index in [0.29, 0.717) is 25.4 Å². The lowest BCUT2D eigenvalue weighted by molar-refractivity contribution is -0.146. The summed E-state index contributed by atoms with van der Waals surface area (Å²) in [5.74, 6) is 0.872. The maximum atomic E-state index is 13.8. The van der Waals surface area contributed by atoms with Gasteiger partial charge in [0.2, 0.25) is 11.8 Å². The van der Waals surface area contributed by atoms with Crippen molar-refractivity contribution in [2.24, 2.45) is 11.8 Å². The minimum atomic E-state index is -0.496. The number of hydrogen-bond acceptors (Lipinski definition) is 3. The van der Waals surface area contributed by atoms with E-state index in [4.69, 9.17) is 0 Å². The van der Waals surface area contributed by atoms with Crippen LogP contribution in [0, 0.1) is 11.8 Å². The van der Waals surface area contributed by atoms with Gasteiger partial charge in [0.05, 0.1) is 6.04 Å². The third kappa shape index (κ3) is 8.38. The van der Waals surface area contributed by atoms with Crippen LogP contribution in [0.3, 0.4) is 0 Å². The van der Waals surface area contributed by atoms with Crippen molar-refractivity contribution in [1.29, 1.82) is 0 Å². The van der Waals surface area contributed by atoms with E-state index in [2.05, 4.69) is 31.4 Å². The van der Waals surface area contributed by atoms with E-state index in [1.165, 1.54) is 38.5 Å². The molecular formula is C28H50N4O3. The summed E-state index contributed by atoms with van der Waals surface area (Å²) in [6.45, 7) is 8.21. The Morgan fingerprint density at radius 3 is 2.29 bits per heavy atom. The van der Waals surface area contributed by atoms with E-state index >= 15 is 0 Å². The van der Waals surface area contributed by atoms with Crippen LogP contribution in [-0.4, -0.2) is 65.4 Å². The first-order valence-electron chi connectivity index (χ1n) is 14.5. The highest BCUT2D eigenvalue weighted by Gasteiger charge is 2.44. The second-order valence-electron chi connectivity index (χ2n) is 11.6. The van der Waals surface area contributed by atoms with Crippen molar-refractivity contribution < 1.29 is 14.4 Å². The Morgan fingerprint density at radius 2 is 1.66 bits per heavy atom. The van der Waals surface area contributed by atoms with Gasteiger partial charge in [0, 0.05) is 32.1 Å². The molecule has 0 unspecified atom stereocenters. The Bertz CT molecular complexity index is 686. The first-order chi connectivity index (χ1) is 16.9. The highest BCUT2D eigenvalue weighted by molar-refractivity contribution is 5.89. The lowest BCUT2D eigenvalue weighted by Crippen LogP contribution is -2.67. The Kier molecular flexibility index (Phi) is 11.2. The number of unbranched alkanes of at least 4 members (excludes halogenated alkanes) is 1. The van der Waals surface area contributed by atoms with Gasteiger partial charge in [0.1, 0.15) is 6.04 Å². The van der Waals surface area contributed by atoms with Crippen LogP contribution in [-0.2, 0) is 9.59 Å². The van der Waals surface area contributed by atoms with Crippen molar-refractivity contribution in [2.75, 3.05) is 19.6 Å². The normalized spacial score (nSPS) is 24.6. The Labute approximate surface area is 213 Å². The maximum Gasteiger partial charge on any atom is 0.318 e. The SMILES string of the molecule is CCCCNC(=O)C[C@H]1CN(CC2CCCCC2)C(=O)[C@H](CC(C)C)N1C(=O)NC1CCCCC1. The summed E-state index contributed by atoms with van der Waals surface area (Å²) in [5, 5.41) is 6.28. The van der Waals surface area contributed by atoms with Crippen LogP contribution in [0.5, 0.6) is 0 Å². The van der Waals surface area contributed by atoms with Crippen molar-refractivity contribution in [3.8, 4) is 0 Å². The van der Waals surface area contributed by atoms with Crippen LogP contribution < -0.4 is 10.6 Å². The van der Waals surface area contributed by atoms with E-state index in [9.17, 15) is 14.4 Å². The van der Waals surface area contributed by atoms with Crippen LogP contribution in [0.1, 0.15) is 111 Å². The van der Waals surface area contributed by atoms with E-state index in [0.717, 1.165) is 45.1 Å². The summed E-state index contributed by atoms with van der Waals surface area (Å²) in [5.41, 5.74) is 0. The zero-order chi connectivity index (χ0) is 25.2. The number of nitrogens with one attached hydrogen (secondary N) is 2. The monoisotopic (exact) mass is 490 g/mol. The van der Waals surface area contributed by atoms with Gasteiger partial charge in [0.15, 0.2) is 0 Å². The molecule has 1 aliphatic heterocycles. The molecule has 0 aromatic heterocycles. The first kappa shape index (κ1) is 27.8. The second-order valence-corrected chi connectivity index (χ2v) is 11.6. The standard InChI is InChI=1S/C28H50N4O3/c1-4-5-16-29-26(33)18-24-20-31(19-22-12-8-6-9-13-22)27(34)25(17-21(2)3)32(24)28(35)30-23-14-10-7-11-15-23/h21-25H,4-20H2,1-3H3,(H,29,33)(H,30,35)/t24-,25-/m0/s1. The van der Waals surface area contributed by atoms with Crippen LogP contribution in [0.4, 0.5) is 4.79 Å². The quantitative estimate of drug-likeness (QED) is 0.430. The van der Waals surface area contributed by atoms with Gasteiger partial charge in [-0.2, -0.15) is 0 Å². The zero-order valence-electron chi connectivity index (χ0n) is 22.5. The summed E-state index contributed by atoms with van der Waals surface area (Å²) in [6.07, 6.45) is 14.5. The number of carbonyl (C=O) groups is 3. The largest absolute Gasteiger partial charge is 0.356 e. The molecule has 0 radical (unpaired) electrons. The maximum absolute atomic E-state index is 13.8. The molecule has 1 heterocycles. The number of rotatable bonds is 10.